The van der Waals surface area contributed by atoms with Gasteiger partial charge < -0.3 is 19.8 Å². The Kier molecular flexibility index (Phi) is 7.21. The zero-order valence-corrected chi connectivity index (χ0v) is 20.8. The first-order valence-corrected chi connectivity index (χ1v) is 12.3. The van der Waals surface area contributed by atoms with E-state index < -0.39 is 18.2 Å². The van der Waals surface area contributed by atoms with Crippen molar-refractivity contribution in [1.29, 1.82) is 0 Å². The van der Waals surface area contributed by atoms with Crippen molar-refractivity contribution in [2.45, 2.75) is 32.2 Å². The number of anilines is 1. The molecule has 5 rings (SSSR count). The Morgan fingerprint density at radius 1 is 0.895 bits per heavy atom. The van der Waals surface area contributed by atoms with Crippen molar-refractivity contribution in [1.82, 2.24) is 10.2 Å². The standard InChI is InChI=1S/C30H27N3O5/c1-20-8-5-6-11-23(20)19-33-26(29(35)31-18-25-12-7-17-37-25)27(38-30(33)36)21-13-15-24(16-14-21)32-28(34)22-9-3-2-4-10-22/h2-17,26-27H,18-19H2,1H3,(H,31,35)(H,32,34)/t26-,27-/m0/s1. The molecule has 2 atom stereocenters. The Hall–Kier alpha value is -4.85. The molecule has 0 radical (unpaired) electrons. The van der Waals surface area contributed by atoms with Gasteiger partial charge in [-0.3, -0.25) is 14.5 Å². The lowest BCUT2D eigenvalue weighted by Gasteiger charge is -2.24. The van der Waals surface area contributed by atoms with E-state index in [1.54, 1.807) is 60.7 Å². The van der Waals surface area contributed by atoms with Gasteiger partial charge in [0.15, 0.2) is 12.1 Å². The van der Waals surface area contributed by atoms with Gasteiger partial charge in [-0.2, -0.15) is 0 Å². The largest absolute Gasteiger partial charge is 0.467 e. The summed E-state index contributed by atoms with van der Waals surface area (Å²) in [6.45, 7) is 2.38. The summed E-state index contributed by atoms with van der Waals surface area (Å²) >= 11 is 0. The first kappa shape index (κ1) is 24.8. The molecular formula is C30H27N3O5. The molecule has 1 saturated heterocycles. The molecule has 1 fully saturated rings. The second kappa shape index (κ2) is 11.0. The van der Waals surface area contributed by atoms with Gasteiger partial charge in [-0.1, -0.05) is 54.6 Å². The number of benzene rings is 3. The zero-order valence-electron chi connectivity index (χ0n) is 20.8. The number of hydrogen-bond donors (Lipinski definition) is 2. The molecule has 0 spiro atoms. The summed E-state index contributed by atoms with van der Waals surface area (Å²) in [5.41, 5.74) is 3.70. The number of furan rings is 1. The maximum atomic E-state index is 13.4. The van der Waals surface area contributed by atoms with Crippen LogP contribution in [0.5, 0.6) is 0 Å². The highest BCUT2D eigenvalue weighted by Crippen LogP contribution is 2.35. The number of rotatable bonds is 8. The summed E-state index contributed by atoms with van der Waals surface area (Å²) in [7, 11) is 0. The molecule has 0 saturated carbocycles. The van der Waals surface area contributed by atoms with Crippen molar-refractivity contribution in [3.63, 3.8) is 0 Å². The second-order valence-corrected chi connectivity index (χ2v) is 9.04. The van der Waals surface area contributed by atoms with Crippen molar-refractivity contribution in [2.75, 3.05) is 5.32 Å². The lowest BCUT2D eigenvalue weighted by atomic mass is 9.99. The number of aryl methyl sites for hydroxylation is 1. The van der Waals surface area contributed by atoms with Gasteiger partial charge in [-0.25, -0.2) is 4.79 Å². The maximum Gasteiger partial charge on any atom is 0.411 e. The lowest BCUT2D eigenvalue weighted by molar-refractivity contribution is -0.126. The van der Waals surface area contributed by atoms with E-state index in [2.05, 4.69) is 10.6 Å². The molecule has 2 heterocycles. The summed E-state index contributed by atoms with van der Waals surface area (Å²) in [6.07, 6.45) is 0.134. The molecule has 1 aromatic heterocycles. The molecule has 1 aliphatic rings. The number of hydrogen-bond acceptors (Lipinski definition) is 5. The van der Waals surface area contributed by atoms with Gasteiger partial charge in [0.2, 0.25) is 5.91 Å². The Balaban J connectivity index is 1.37. The number of nitrogens with zero attached hydrogens (tertiary/aromatic N) is 1. The van der Waals surface area contributed by atoms with Crippen LogP contribution < -0.4 is 10.6 Å². The molecular weight excluding hydrogens is 482 g/mol. The number of cyclic esters (lactones) is 1. The van der Waals surface area contributed by atoms with Crippen LogP contribution in [-0.2, 0) is 22.6 Å². The lowest BCUT2D eigenvalue weighted by Crippen LogP contribution is -2.46. The predicted molar refractivity (Wildman–Crippen MR) is 141 cm³/mol. The Labute approximate surface area is 220 Å². The quantitative estimate of drug-likeness (QED) is 0.339. The number of carbonyl (C=O) groups is 3. The number of nitrogens with one attached hydrogen (secondary N) is 2. The van der Waals surface area contributed by atoms with Crippen LogP contribution >= 0.6 is 0 Å². The number of carbonyl (C=O) groups excluding carboxylic acids is 3. The van der Waals surface area contributed by atoms with Gasteiger partial charge in [-0.15, -0.1) is 0 Å². The van der Waals surface area contributed by atoms with E-state index in [0.717, 1.165) is 11.1 Å². The fourth-order valence-corrected chi connectivity index (χ4v) is 4.42. The highest BCUT2D eigenvalue weighted by Gasteiger charge is 2.47. The third-order valence-electron chi connectivity index (χ3n) is 6.51. The topological polar surface area (TPSA) is 101 Å². The van der Waals surface area contributed by atoms with Crippen LogP contribution in [0.15, 0.2) is 102 Å². The number of amides is 3. The predicted octanol–water partition coefficient (Wildman–Crippen LogP) is 5.22. The molecule has 1 aliphatic heterocycles. The van der Waals surface area contributed by atoms with Gasteiger partial charge in [0, 0.05) is 11.3 Å². The fourth-order valence-electron chi connectivity index (χ4n) is 4.42. The van der Waals surface area contributed by atoms with Crippen LogP contribution in [0.25, 0.3) is 0 Å². The van der Waals surface area contributed by atoms with Gasteiger partial charge in [0.05, 0.1) is 19.4 Å². The van der Waals surface area contributed by atoms with E-state index in [1.165, 1.54) is 11.2 Å². The Morgan fingerprint density at radius 3 is 2.34 bits per heavy atom. The molecule has 8 nitrogen and oxygen atoms in total. The molecule has 2 N–H and O–H groups in total. The van der Waals surface area contributed by atoms with E-state index in [-0.39, 0.29) is 24.9 Å². The molecule has 8 heteroatoms. The minimum absolute atomic E-state index is 0.186. The normalized spacial score (nSPS) is 16.7. The third kappa shape index (κ3) is 5.44. The first-order valence-electron chi connectivity index (χ1n) is 12.3. The van der Waals surface area contributed by atoms with Crippen molar-refractivity contribution >= 4 is 23.6 Å². The van der Waals surface area contributed by atoms with Crippen LogP contribution in [0.2, 0.25) is 0 Å². The number of ether oxygens (including phenoxy) is 1. The average molecular weight is 510 g/mol. The highest BCUT2D eigenvalue weighted by atomic mass is 16.6. The monoisotopic (exact) mass is 509 g/mol. The minimum atomic E-state index is -0.901. The van der Waals surface area contributed by atoms with Crippen LogP contribution in [0.4, 0.5) is 10.5 Å². The molecule has 0 unspecified atom stereocenters. The average Bonchev–Trinajstić information content (AvgIpc) is 3.57. The summed E-state index contributed by atoms with van der Waals surface area (Å²) in [4.78, 5) is 40.4. The third-order valence-corrected chi connectivity index (χ3v) is 6.51. The van der Waals surface area contributed by atoms with Crippen molar-refractivity contribution in [2.24, 2.45) is 0 Å². The molecule has 3 amide bonds. The molecule has 0 bridgehead atoms. The van der Waals surface area contributed by atoms with Crippen molar-refractivity contribution < 1.29 is 23.5 Å². The van der Waals surface area contributed by atoms with Gasteiger partial charge in [-0.05, 0) is 60.0 Å². The Morgan fingerprint density at radius 2 is 1.63 bits per heavy atom. The van der Waals surface area contributed by atoms with Crippen LogP contribution in [0, 0.1) is 6.92 Å². The summed E-state index contributed by atoms with van der Waals surface area (Å²) in [6, 6.07) is 26.2. The second-order valence-electron chi connectivity index (χ2n) is 9.04. The van der Waals surface area contributed by atoms with Gasteiger partial charge in [0.25, 0.3) is 5.91 Å². The maximum absolute atomic E-state index is 13.4. The molecule has 38 heavy (non-hydrogen) atoms. The van der Waals surface area contributed by atoms with Crippen molar-refractivity contribution in [3.05, 3.63) is 125 Å². The summed E-state index contributed by atoms with van der Waals surface area (Å²) < 4.78 is 11.1. The zero-order chi connectivity index (χ0) is 26.5. The summed E-state index contributed by atoms with van der Waals surface area (Å²) in [5, 5.41) is 5.73. The summed E-state index contributed by atoms with van der Waals surface area (Å²) in [5.74, 6) is 0.0154. The highest BCUT2D eigenvalue weighted by molar-refractivity contribution is 6.04. The van der Waals surface area contributed by atoms with Crippen molar-refractivity contribution in [3.8, 4) is 0 Å². The molecule has 0 aliphatic carbocycles. The van der Waals surface area contributed by atoms with Gasteiger partial charge in [0.1, 0.15) is 5.76 Å². The van der Waals surface area contributed by atoms with E-state index in [9.17, 15) is 14.4 Å². The first-order chi connectivity index (χ1) is 18.5. The van der Waals surface area contributed by atoms with E-state index >= 15 is 0 Å². The van der Waals surface area contributed by atoms with E-state index in [1.807, 2.05) is 37.3 Å². The molecule has 4 aromatic rings. The van der Waals surface area contributed by atoms with Gasteiger partial charge >= 0.3 is 6.09 Å². The SMILES string of the molecule is Cc1ccccc1CN1C(=O)O[C@@H](c2ccc(NC(=O)c3ccccc3)cc2)[C@H]1C(=O)NCc1ccco1. The van der Waals surface area contributed by atoms with E-state index in [0.29, 0.717) is 22.6 Å². The molecule has 192 valence electrons. The van der Waals surface area contributed by atoms with E-state index in [4.69, 9.17) is 9.15 Å². The van der Waals surface area contributed by atoms with Crippen LogP contribution in [-0.4, -0.2) is 28.8 Å². The molecule has 3 aromatic carbocycles. The van der Waals surface area contributed by atoms with Crippen LogP contribution in [0.1, 0.15) is 38.9 Å². The fraction of sp³-hybridized carbons (Fsp3) is 0.167. The Bertz CT molecular complexity index is 1420. The van der Waals surface area contributed by atoms with Crippen LogP contribution in [0.3, 0.4) is 0 Å². The minimum Gasteiger partial charge on any atom is -0.467 e. The smallest absolute Gasteiger partial charge is 0.411 e.